The lowest BCUT2D eigenvalue weighted by atomic mass is 9.93. The number of piperidine rings is 2. The molecule has 0 aromatic carbocycles. The molecule has 0 unspecified atom stereocenters. The topological polar surface area (TPSA) is 40.6 Å². The predicted molar refractivity (Wildman–Crippen MR) is 89.7 cm³/mol. The molecular formula is C18H24F8N2O2. The van der Waals surface area contributed by atoms with Gasteiger partial charge in [0.15, 0.2) is 0 Å². The van der Waals surface area contributed by atoms with Crippen LogP contribution in [0.25, 0.3) is 0 Å². The van der Waals surface area contributed by atoms with Crippen molar-refractivity contribution in [3.63, 3.8) is 0 Å². The van der Waals surface area contributed by atoms with Gasteiger partial charge in [0, 0.05) is 26.2 Å². The average Bonchev–Trinajstić information content (AvgIpc) is 2.67. The summed E-state index contributed by atoms with van der Waals surface area (Å²) < 4.78 is 113. The Kier molecular flexibility index (Phi) is 6.69. The van der Waals surface area contributed by atoms with E-state index in [1.54, 1.807) is 13.8 Å². The maximum atomic E-state index is 14.2. The Morgan fingerprint density at radius 2 is 0.833 bits per heavy atom. The summed E-state index contributed by atoms with van der Waals surface area (Å²) in [4.78, 5) is 24.3. The molecule has 0 saturated carbocycles. The molecule has 2 saturated heterocycles. The lowest BCUT2D eigenvalue weighted by Crippen LogP contribution is -2.69. The van der Waals surface area contributed by atoms with Gasteiger partial charge in [0.1, 0.15) is 0 Å². The van der Waals surface area contributed by atoms with E-state index in [1.165, 1.54) is 0 Å². The van der Waals surface area contributed by atoms with Gasteiger partial charge in [0.05, 0.1) is 0 Å². The number of hydrogen-bond acceptors (Lipinski definition) is 2. The first-order valence-electron chi connectivity index (χ1n) is 9.67. The number of amides is 2. The van der Waals surface area contributed by atoms with Gasteiger partial charge < -0.3 is 9.80 Å². The summed E-state index contributed by atoms with van der Waals surface area (Å²) >= 11 is 0. The van der Waals surface area contributed by atoms with Gasteiger partial charge in [-0.3, -0.25) is 9.59 Å². The fraction of sp³-hybridized carbons (Fsp3) is 0.889. The summed E-state index contributed by atoms with van der Waals surface area (Å²) in [6.45, 7) is 1.88. The van der Waals surface area contributed by atoms with Crippen molar-refractivity contribution in [3.8, 4) is 0 Å². The highest BCUT2D eigenvalue weighted by Gasteiger charge is 2.85. The van der Waals surface area contributed by atoms with Gasteiger partial charge in [-0.15, -0.1) is 0 Å². The fourth-order valence-corrected chi connectivity index (χ4v) is 3.48. The SMILES string of the molecule is CC1CCN(C(=O)C(F)(F)C(F)(F)C(F)(F)C(F)(F)C(=O)N2CCC(C)CC2)CC1. The zero-order chi connectivity index (χ0) is 23.1. The van der Waals surface area contributed by atoms with Gasteiger partial charge in [-0.05, 0) is 37.5 Å². The van der Waals surface area contributed by atoms with Crippen molar-refractivity contribution in [2.45, 2.75) is 63.2 Å². The van der Waals surface area contributed by atoms with Crippen molar-refractivity contribution >= 4 is 11.8 Å². The maximum Gasteiger partial charge on any atom is 0.392 e. The van der Waals surface area contributed by atoms with Crippen LogP contribution in [0.5, 0.6) is 0 Å². The van der Waals surface area contributed by atoms with Crippen LogP contribution in [0.1, 0.15) is 39.5 Å². The molecule has 2 heterocycles. The Balaban J connectivity index is 2.27. The van der Waals surface area contributed by atoms with E-state index in [0.29, 0.717) is 0 Å². The van der Waals surface area contributed by atoms with Crippen LogP contribution in [-0.2, 0) is 9.59 Å². The van der Waals surface area contributed by atoms with Gasteiger partial charge in [-0.2, -0.15) is 35.1 Å². The summed E-state index contributed by atoms with van der Waals surface area (Å²) in [5.74, 6) is -31.2. The van der Waals surface area contributed by atoms with Crippen LogP contribution in [0, 0.1) is 11.8 Å². The molecular weight excluding hydrogens is 428 g/mol. The van der Waals surface area contributed by atoms with Gasteiger partial charge >= 0.3 is 23.7 Å². The van der Waals surface area contributed by atoms with Crippen LogP contribution in [0.4, 0.5) is 35.1 Å². The van der Waals surface area contributed by atoms with E-state index in [2.05, 4.69) is 0 Å². The molecule has 2 aliphatic rings. The summed E-state index contributed by atoms with van der Waals surface area (Å²) in [6.07, 6.45) is 0.690. The highest BCUT2D eigenvalue weighted by atomic mass is 19.4. The molecule has 0 bridgehead atoms. The van der Waals surface area contributed by atoms with E-state index >= 15 is 0 Å². The number of carbonyl (C=O) groups is 2. The summed E-state index contributed by atoms with van der Waals surface area (Å²) in [7, 11) is 0. The van der Waals surface area contributed by atoms with Crippen LogP contribution in [-0.4, -0.2) is 71.5 Å². The second-order valence-electron chi connectivity index (χ2n) is 8.25. The van der Waals surface area contributed by atoms with Crippen molar-refractivity contribution in [1.29, 1.82) is 0 Å². The van der Waals surface area contributed by atoms with E-state index in [9.17, 15) is 44.7 Å². The largest absolute Gasteiger partial charge is 0.392 e. The van der Waals surface area contributed by atoms with Gasteiger partial charge in [-0.25, -0.2) is 0 Å². The smallest absolute Gasteiger partial charge is 0.337 e. The zero-order valence-corrected chi connectivity index (χ0v) is 16.5. The summed E-state index contributed by atoms with van der Waals surface area (Å²) in [6, 6.07) is 0. The first-order valence-corrected chi connectivity index (χ1v) is 9.67. The molecule has 0 radical (unpaired) electrons. The molecule has 0 aromatic rings. The quantitative estimate of drug-likeness (QED) is 0.591. The second kappa shape index (κ2) is 8.14. The lowest BCUT2D eigenvalue weighted by molar-refractivity contribution is -0.350. The summed E-state index contributed by atoms with van der Waals surface area (Å²) in [5.41, 5.74) is 0. The number of likely N-dealkylation sites (tertiary alicyclic amines) is 2. The Bertz CT molecular complexity index is 599. The molecule has 4 nitrogen and oxygen atoms in total. The van der Waals surface area contributed by atoms with Crippen LogP contribution in [0.2, 0.25) is 0 Å². The van der Waals surface area contributed by atoms with Crippen molar-refractivity contribution in [2.75, 3.05) is 26.2 Å². The molecule has 2 amide bonds. The van der Waals surface area contributed by atoms with Crippen molar-refractivity contribution < 1.29 is 44.7 Å². The van der Waals surface area contributed by atoms with E-state index in [4.69, 9.17) is 0 Å². The van der Waals surface area contributed by atoms with Crippen molar-refractivity contribution in [2.24, 2.45) is 11.8 Å². The number of halogens is 8. The molecule has 12 heteroatoms. The molecule has 0 N–H and O–H groups in total. The molecule has 2 rings (SSSR count). The minimum Gasteiger partial charge on any atom is -0.337 e. The van der Waals surface area contributed by atoms with Crippen LogP contribution >= 0.6 is 0 Å². The Morgan fingerprint density at radius 3 is 1.07 bits per heavy atom. The number of rotatable bonds is 5. The normalized spacial score (nSPS) is 21.1. The minimum atomic E-state index is -6.79. The Hall–Kier alpha value is -1.62. The maximum absolute atomic E-state index is 14.2. The first kappa shape index (κ1) is 24.6. The molecule has 0 aromatic heterocycles. The van der Waals surface area contributed by atoms with Crippen LogP contribution < -0.4 is 0 Å². The molecule has 2 aliphatic heterocycles. The van der Waals surface area contributed by atoms with E-state index in [1.807, 2.05) is 0 Å². The van der Waals surface area contributed by atoms with Crippen molar-refractivity contribution in [1.82, 2.24) is 9.80 Å². The van der Waals surface area contributed by atoms with Gasteiger partial charge in [0.2, 0.25) is 0 Å². The molecule has 0 aliphatic carbocycles. The molecule has 0 atom stereocenters. The van der Waals surface area contributed by atoms with Gasteiger partial charge in [-0.1, -0.05) is 13.8 Å². The molecule has 2 fully saturated rings. The minimum absolute atomic E-state index is 0.00107. The van der Waals surface area contributed by atoms with Crippen molar-refractivity contribution in [3.05, 3.63) is 0 Å². The molecule has 174 valence electrons. The monoisotopic (exact) mass is 452 g/mol. The van der Waals surface area contributed by atoms with E-state index in [0.717, 1.165) is 0 Å². The highest BCUT2D eigenvalue weighted by molar-refractivity contribution is 5.87. The molecule has 0 spiro atoms. The number of alkyl halides is 8. The predicted octanol–water partition coefficient (Wildman–Crippen LogP) is 4.04. The number of hydrogen-bond donors (Lipinski definition) is 0. The Labute approximate surface area is 168 Å². The van der Waals surface area contributed by atoms with E-state index in [-0.39, 0.29) is 47.3 Å². The molecule has 30 heavy (non-hydrogen) atoms. The summed E-state index contributed by atoms with van der Waals surface area (Å²) in [5, 5.41) is 0. The van der Waals surface area contributed by atoms with Crippen LogP contribution in [0.3, 0.4) is 0 Å². The zero-order valence-electron chi connectivity index (χ0n) is 16.5. The Morgan fingerprint density at radius 1 is 0.600 bits per heavy atom. The average molecular weight is 452 g/mol. The lowest BCUT2D eigenvalue weighted by Gasteiger charge is -2.40. The second-order valence-corrected chi connectivity index (χ2v) is 8.25. The third-order valence-corrected chi connectivity index (χ3v) is 5.86. The standard InChI is InChI=1S/C18H24F8N2O2/c1-11-3-7-27(8-4-11)13(29)15(19,20)17(23,24)18(25,26)16(21,22)14(30)28-9-5-12(2)6-10-28/h11-12H,3-10H2,1-2H3. The fourth-order valence-electron chi connectivity index (χ4n) is 3.48. The van der Waals surface area contributed by atoms with E-state index < -0.39 is 61.7 Å². The first-order chi connectivity index (χ1) is 13.6. The number of nitrogens with zero attached hydrogens (tertiary/aromatic N) is 2. The third kappa shape index (κ3) is 3.98. The van der Waals surface area contributed by atoms with Crippen LogP contribution in [0.15, 0.2) is 0 Å². The highest BCUT2D eigenvalue weighted by Crippen LogP contribution is 2.53. The number of carbonyl (C=O) groups excluding carboxylic acids is 2. The third-order valence-electron chi connectivity index (χ3n) is 5.86. The van der Waals surface area contributed by atoms with Gasteiger partial charge in [0.25, 0.3) is 11.8 Å².